The van der Waals surface area contributed by atoms with Crippen molar-refractivity contribution in [2.75, 3.05) is 4.31 Å². The molecule has 2 aromatic carbocycles. The average Bonchev–Trinajstić information content (AvgIpc) is 2.72. The van der Waals surface area contributed by atoms with Gasteiger partial charge in [0.2, 0.25) is 0 Å². The van der Waals surface area contributed by atoms with Gasteiger partial charge in [-0.2, -0.15) is 0 Å². The number of rotatable bonds is 7. The van der Waals surface area contributed by atoms with Gasteiger partial charge in [0.25, 0.3) is 10.0 Å². The third-order valence-corrected chi connectivity index (χ3v) is 6.43. The highest BCUT2D eigenvalue weighted by molar-refractivity contribution is 7.92. The highest BCUT2D eigenvalue weighted by Gasteiger charge is 2.31. The number of carboxylic acid groups (broad SMARTS) is 1. The molecule has 33 heavy (non-hydrogen) atoms. The van der Waals surface area contributed by atoms with E-state index in [0.717, 1.165) is 40.7 Å². The van der Waals surface area contributed by atoms with Gasteiger partial charge in [0.1, 0.15) is 5.75 Å². The summed E-state index contributed by atoms with van der Waals surface area (Å²) in [5.41, 5.74) is 0.173. The number of carbonyl (C=O) groups is 1. The Labute approximate surface area is 196 Å². The molecule has 13 heteroatoms. The number of nitrogens with zero attached hydrogens (tertiary/aromatic N) is 2. The van der Waals surface area contributed by atoms with Gasteiger partial charge in [0, 0.05) is 6.20 Å². The molecule has 7 nitrogen and oxygen atoms in total. The number of aromatic nitrogens is 1. The molecule has 0 atom stereocenters. The molecule has 174 valence electrons. The molecule has 0 saturated carbocycles. The number of carboxylic acids is 1. The van der Waals surface area contributed by atoms with Crippen molar-refractivity contribution in [3.8, 4) is 5.75 Å². The summed E-state index contributed by atoms with van der Waals surface area (Å²) in [6.45, 7) is -0.357. The number of aromatic carboxylic acids is 1. The standard InChI is InChI=1S/C20H13Cl2F3N2O5S/c21-14-9-17(22)18(26-10-14)27(11-12-1-5-15(6-2-12)32-20(23,24)25)33(30,31)16-7-3-13(4-8-16)19(28)29/h1-10H,11H2,(H,28,29). The molecule has 3 aromatic rings. The van der Waals surface area contributed by atoms with E-state index in [9.17, 15) is 26.4 Å². The number of halogens is 5. The summed E-state index contributed by atoms with van der Waals surface area (Å²) >= 11 is 12.0. The first-order valence-electron chi connectivity index (χ1n) is 8.88. The number of hydrogen-bond donors (Lipinski definition) is 1. The third-order valence-electron chi connectivity index (χ3n) is 4.20. The summed E-state index contributed by atoms with van der Waals surface area (Å²) < 4.78 is 68.6. The number of pyridine rings is 1. The van der Waals surface area contributed by atoms with Crippen molar-refractivity contribution >= 4 is 45.0 Å². The summed E-state index contributed by atoms with van der Waals surface area (Å²) in [6.07, 6.45) is -3.70. The van der Waals surface area contributed by atoms with Crippen molar-refractivity contribution in [3.05, 3.63) is 82.0 Å². The molecule has 0 aliphatic carbocycles. The van der Waals surface area contributed by atoms with Crippen LogP contribution in [-0.2, 0) is 16.6 Å². The van der Waals surface area contributed by atoms with Crippen LogP contribution in [0.5, 0.6) is 5.75 Å². The molecule has 3 rings (SSSR count). The molecule has 0 aliphatic rings. The quantitative estimate of drug-likeness (QED) is 0.449. The van der Waals surface area contributed by atoms with Gasteiger partial charge in [-0.15, -0.1) is 13.2 Å². The molecule has 0 amide bonds. The van der Waals surface area contributed by atoms with E-state index >= 15 is 0 Å². The maximum Gasteiger partial charge on any atom is 0.573 e. The van der Waals surface area contributed by atoms with Crippen LogP contribution in [0.3, 0.4) is 0 Å². The molecule has 0 spiro atoms. The first-order chi connectivity index (χ1) is 15.4. The normalized spacial score (nSPS) is 11.8. The zero-order valence-corrected chi connectivity index (χ0v) is 18.6. The molecule has 0 unspecified atom stereocenters. The van der Waals surface area contributed by atoms with Crippen LogP contribution in [0.2, 0.25) is 10.0 Å². The zero-order valence-electron chi connectivity index (χ0n) is 16.3. The van der Waals surface area contributed by atoms with Crippen LogP contribution in [0.4, 0.5) is 19.0 Å². The van der Waals surface area contributed by atoms with Crippen LogP contribution in [0.25, 0.3) is 0 Å². The Kier molecular flexibility index (Phi) is 7.06. The predicted molar refractivity (Wildman–Crippen MR) is 114 cm³/mol. The lowest BCUT2D eigenvalue weighted by atomic mass is 10.2. The van der Waals surface area contributed by atoms with Gasteiger partial charge in [-0.3, -0.25) is 0 Å². The predicted octanol–water partition coefficient (Wildman–Crippen LogP) is 5.38. The van der Waals surface area contributed by atoms with E-state index in [2.05, 4.69) is 9.72 Å². The van der Waals surface area contributed by atoms with Crippen molar-refractivity contribution in [2.45, 2.75) is 17.8 Å². The highest BCUT2D eigenvalue weighted by atomic mass is 35.5. The van der Waals surface area contributed by atoms with Gasteiger partial charge < -0.3 is 9.84 Å². The second-order valence-corrected chi connectivity index (χ2v) is 9.20. The summed E-state index contributed by atoms with van der Waals surface area (Å²) in [5, 5.41) is 9.10. The van der Waals surface area contributed by atoms with E-state index in [1.807, 2.05) is 0 Å². The van der Waals surface area contributed by atoms with Crippen molar-refractivity contribution in [2.24, 2.45) is 0 Å². The smallest absolute Gasteiger partial charge is 0.478 e. The van der Waals surface area contributed by atoms with E-state index in [1.54, 1.807) is 0 Å². The topological polar surface area (TPSA) is 96.8 Å². The summed E-state index contributed by atoms with van der Waals surface area (Å²) in [4.78, 5) is 14.8. The molecule has 1 heterocycles. The van der Waals surface area contributed by atoms with Crippen molar-refractivity contribution in [1.82, 2.24) is 4.98 Å². The Balaban J connectivity index is 2.02. The maximum atomic E-state index is 13.4. The number of ether oxygens (including phenoxy) is 1. The van der Waals surface area contributed by atoms with E-state index in [1.165, 1.54) is 24.4 Å². The number of sulfonamides is 1. The fourth-order valence-corrected chi connectivity index (χ4v) is 4.68. The Hall–Kier alpha value is -3.02. The molecular weight excluding hydrogens is 508 g/mol. The Morgan fingerprint density at radius 3 is 2.18 bits per heavy atom. The van der Waals surface area contributed by atoms with Crippen LogP contribution in [0.1, 0.15) is 15.9 Å². The SMILES string of the molecule is O=C(O)c1ccc(S(=O)(=O)N(Cc2ccc(OC(F)(F)F)cc2)c2ncc(Cl)cc2Cl)cc1. The molecule has 0 aliphatic heterocycles. The van der Waals surface area contributed by atoms with Gasteiger partial charge in [-0.25, -0.2) is 22.5 Å². The lowest BCUT2D eigenvalue weighted by molar-refractivity contribution is -0.274. The van der Waals surface area contributed by atoms with Crippen LogP contribution in [0.15, 0.2) is 65.7 Å². The summed E-state index contributed by atoms with van der Waals surface area (Å²) in [7, 11) is -4.33. The molecule has 0 radical (unpaired) electrons. The van der Waals surface area contributed by atoms with Gasteiger partial charge in [0.05, 0.1) is 27.0 Å². The number of hydrogen-bond acceptors (Lipinski definition) is 5. The highest BCUT2D eigenvalue weighted by Crippen LogP contribution is 2.32. The molecule has 0 saturated heterocycles. The maximum absolute atomic E-state index is 13.4. The van der Waals surface area contributed by atoms with Gasteiger partial charge in [0.15, 0.2) is 5.82 Å². The molecule has 1 N–H and O–H groups in total. The van der Waals surface area contributed by atoms with Gasteiger partial charge in [-0.1, -0.05) is 35.3 Å². The number of anilines is 1. The number of alkyl halides is 3. The number of benzene rings is 2. The fraction of sp³-hybridized carbons (Fsp3) is 0.100. The summed E-state index contributed by atoms with van der Waals surface area (Å²) in [5.74, 6) is -1.90. The second kappa shape index (κ2) is 9.46. The van der Waals surface area contributed by atoms with Crippen LogP contribution in [0, 0.1) is 0 Å². The van der Waals surface area contributed by atoms with Crippen LogP contribution >= 0.6 is 23.2 Å². The van der Waals surface area contributed by atoms with Crippen LogP contribution in [-0.4, -0.2) is 30.8 Å². The van der Waals surface area contributed by atoms with Crippen molar-refractivity contribution < 1.29 is 36.2 Å². The lowest BCUT2D eigenvalue weighted by Gasteiger charge is -2.24. The Bertz CT molecular complexity index is 1270. The van der Waals surface area contributed by atoms with Crippen molar-refractivity contribution in [1.29, 1.82) is 0 Å². The zero-order chi connectivity index (χ0) is 24.4. The fourth-order valence-electron chi connectivity index (χ4n) is 2.72. The average molecular weight is 521 g/mol. The van der Waals surface area contributed by atoms with E-state index in [4.69, 9.17) is 28.3 Å². The van der Waals surface area contributed by atoms with E-state index in [0.29, 0.717) is 5.56 Å². The third kappa shape index (κ3) is 6.06. The van der Waals surface area contributed by atoms with Gasteiger partial charge >= 0.3 is 12.3 Å². The molecule has 0 bridgehead atoms. The van der Waals surface area contributed by atoms with Crippen LogP contribution < -0.4 is 9.04 Å². The van der Waals surface area contributed by atoms with E-state index in [-0.39, 0.29) is 32.9 Å². The van der Waals surface area contributed by atoms with Crippen molar-refractivity contribution in [3.63, 3.8) is 0 Å². The molecule has 0 fully saturated rings. The minimum absolute atomic E-state index is 0.0924. The Morgan fingerprint density at radius 1 is 1.06 bits per heavy atom. The lowest BCUT2D eigenvalue weighted by Crippen LogP contribution is -2.31. The largest absolute Gasteiger partial charge is 0.573 e. The Morgan fingerprint density at radius 2 is 1.67 bits per heavy atom. The summed E-state index contributed by atoms with van der Waals surface area (Å²) in [6, 6.07) is 10.3. The van der Waals surface area contributed by atoms with E-state index < -0.39 is 28.1 Å². The van der Waals surface area contributed by atoms with Gasteiger partial charge in [-0.05, 0) is 48.0 Å². The first-order valence-corrected chi connectivity index (χ1v) is 11.1. The minimum atomic E-state index is -4.88. The second-order valence-electron chi connectivity index (χ2n) is 6.49. The minimum Gasteiger partial charge on any atom is -0.478 e. The first kappa shape index (κ1) is 24.6. The monoisotopic (exact) mass is 520 g/mol. The molecular formula is C20H13Cl2F3N2O5S. The molecule has 1 aromatic heterocycles.